The maximum atomic E-state index is 12.6. The van der Waals surface area contributed by atoms with Crippen LogP contribution in [0.4, 0.5) is 24.8 Å². The second-order valence-corrected chi connectivity index (χ2v) is 10.9. The second-order valence-electron chi connectivity index (χ2n) is 10.9. The number of nitrogens with zero attached hydrogens (tertiary/aromatic N) is 3. The van der Waals surface area contributed by atoms with E-state index in [9.17, 15) is 18.0 Å². The number of anilines is 2. The van der Waals surface area contributed by atoms with Crippen LogP contribution in [0.5, 0.6) is 5.75 Å². The Bertz CT molecular complexity index is 1290. The van der Waals surface area contributed by atoms with Crippen LogP contribution in [0.3, 0.4) is 0 Å². The Morgan fingerprint density at radius 2 is 1.86 bits per heavy atom. The summed E-state index contributed by atoms with van der Waals surface area (Å²) in [4.78, 5) is 18.4. The molecule has 1 aromatic heterocycles. The largest absolute Gasteiger partial charge is 0.573 e. The van der Waals surface area contributed by atoms with Crippen LogP contribution in [0.1, 0.15) is 51.6 Å². The van der Waals surface area contributed by atoms with E-state index < -0.39 is 6.36 Å². The van der Waals surface area contributed by atoms with Gasteiger partial charge in [0.1, 0.15) is 5.75 Å². The third kappa shape index (κ3) is 6.64. The van der Waals surface area contributed by atoms with Gasteiger partial charge in [-0.15, -0.1) is 13.2 Å². The van der Waals surface area contributed by atoms with Crippen molar-refractivity contribution in [2.24, 2.45) is 11.3 Å². The highest BCUT2D eigenvalue weighted by Crippen LogP contribution is 2.46. The first-order chi connectivity index (χ1) is 17.3. The maximum absolute atomic E-state index is 12.6. The van der Waals surface area contributed by atoms with Crippen LogP contribution in [-0.4, -0.2) is 40.8 Å². The lowest BCUT2D eigenvalue weighted by Gasteiger charge is -2.40. The van der Waals surface area contributed by atoms with Gasteiger partial charge in [0, 0.05) is 31.9 Å². The minimum Gasteiger partial charge on any atom is -0.406 e. The van der Waals surface area contributed by atoms with E-state index in [0.717, 1.165) is 35.9 Å². The molecular formula is C28H33F3N4O2. The van der Waals surface area contributed by atoms with Crippen molar-refractivity contribution in [1.82, 2.24) is 14.5 Å². The molecule has 2 aromatic carbocycles. The number of benzene rings is 2. The molecule has 1 aliphatic carbocycles. The zero-order chi connectivity index (χ0) is 27.0. The van der Waals surface area contributed by atoms with E-state index in [-0.39, 0.29) is 23.1 Å². The molecule has 0 spiro atoms. The standard InChI is InChI=1S/C28H33F3N4O2/c1-18-14-21(17-27(2,3)16-18)35-24-12-6-19(7-13-25(36)34(4)5)15-23(24)33-26(35)32-20-8-10-22(11-9-20)37-28(29,30)31/h6-13,15,18,21H,14,16-17H2,1-5H3,(H,32,33)/b13-7+. The molecule has 0 radical (unpaired) electrons. The molecule has 198 valence electrons. The zero-order valence-corrected chi connectivity index (χ0v) is 21.8. The van der Waals surface area contributed by atoms with Crippen LogP contribution in [0.15, 0.2) is 48.5 Å². The minimum absolute atomic E-state index is 0.107. The summed E-state index contributed by atoms with van der Waals surface area (Å²) in [5, 5.41) is 3.31. The summed E-state index contributed by atoms with van der Waals surface area (Å²) in [5.74, 6) is 0.777. The van der Waals surface area contributed by atoms with Crippen molar-refractivity contribution in [2.75, 3.05) is 19.4 Å². The van der Waals surface area contributed by atoms with Crippen molar-refractivity contribution >= 4 is 34.7 Å². The van der Waals surface area contributed by atoms with Crippen molar-refractivity contribution < 1.29 is 22.7 Å². The van der Waals surface area contributed by atoms with Crippen LogP contribution < -0.4 is 10.1 Å². The SMILES string of the molecule is CC1CC(n2c(Nc3ccc(OC(F)(F)F)cc3)nc3cc(/C=C/C(=O)N(C)C)ccc32)CC(C)(C)C1. The van der Waals surface area contributed by atoms with Gasteiger partial charge in [0.15, 0.2) is 0 Å². The molecule has 4 rings (SSSR count). The number of fused-ring (bicyclic) bond motifs is 1. The van der Waals surface area contributed by atoms with Crippen molar-refractivity contribution in [3.63, 3.8) is 0 Å². The maximum Gasteiger partial charge on any atom is 0.573 e. The molecule has 0 saturated heterocycles. The monoisotopic (exact) mass is 514 g/mol. The highest BCUT2D eigenvalue weighted by atomic mass is 19.4. The summed E-state index contributed by atoms with van der Waals surface area (Å²) in [7, 11) is 3.40. The second kappa shape index (κ2) is 10.1. The molecule has 3 aromatic rings. The highest BCUT2D eigenvalue weighted by Gasteiger charge is 2.35. The molecule has 1 amide bonds. The number of halogens is 3. The molecular weight excluding hydrogens is 481 g/mol. The summed E-state index contributed by atoms with van der Waals surface area (Å²) in [6, 6.07) is 11.8. The number of hydrogen-bond acceptors (Lipinski definition) is 4. The van der Waals surface area contributed by atoms with Crippen molar-refractivity contribution in [1.29, 1.82) is 0 Å². The Hall–Kier alpha value is -3.49. The van der Waals surface area contributed by atoms with Gasteiger partial charge < -0.3 is 19.5 Å². The van der Waals surface area contributed by atoms with Crippen LogP contribution in [-0.2, 0) is 4.79 Å². The summed E-state index contributed by atoms with van der Waals surface area (Å²) < 4.78 is 43.9. The van der Waals surface area contributed by atoms with Crippen molar-refractivity contribution in [3.8, 4) is 5.75 Å². The Morgan fingerprint density at radius 3 is 2.49 bits per heavy atom. The van der Waals surface area contributed by atoms with Gasteiger partial charge in [-0.05, 0) is 78.6 Å². The predicted octanol–water partition coefficient (Wildman–Crippen LogP) is 7.17. The molecule has 37 heavy (non-hydrogen) atoms. The molecule has 6 nitrogen and oxygen atoms in total. The van der Waals surface area contributed by atoms with Crippen molar-refractivity contribution in [2.45, 2.75) is 52.4 Å². The molecule has 0 bridgehead atoms. The third-order valence-electron chi connectivity index (χ3n) is 6.65. The number of alkyl halides is 3. The van der Waals surface area contributed by atoms with Gasteiger partial charge >= 0.3 is 6.36 Å². The lowest BCUT2D eigenvalue weighted by atomic mass is 9.70. The fourth-order valence-electron chi connectivity index (χ4n) is 5.36. The first-order valence-corrected chi connectivity index (χ1v) is 12.3. The van der Waals surface area contributed by atoms with E-state index in [4.69, 9.17) is 4.98 Å². The smallest absolute Gasteiger partial charge is 0.406 e. The number of likely N-dealkylation sites (N-methyl/N-ethyl adjacent to an activating group) is 1. The number of amides is 1. The molecule has 0 aliphatic heterocycles. The number of carbonyl (C=O) groups excluding carboxylic acids is 1. The number of carbonyl (C=O) groups is 1. The summed E-state index contributed by atoms with van der Waals surface area (Å²) in [6.07, 6.45) is 1.67. The average molecular weight is 515 g/mol. The normalized spacial score (nSPS) is 19.8. The fourth-order valence-corrected chi connectivity index (χ4v) is 5.36. The van der Waals surface area contributed by atoms with E-state index >= 15 is 0 Å². The molecule has 1 heterocycles. The Labute approximate surface area is 215 Å². The van der Waals surface area contributed by atoms with Crippen molar-refractivity contribution in [3.05, 3.63) is 54.1 Å². The molecule has 1 N–H and O–H groups in total. The van der Waals surface area contributed by atoms with Gasteiger partial charge in [-0.3, -0.25) is 4.79 Å². The Balaban J connectivity index is 1.71. The van der Waals surface area contributed by atoms with Gasteiger partial charge in [0.2, 0.25) is 11.9 Å². The first-order valence-electron chi connectivity index (χ1n) is 12.3. The number of ether oxygens (including phenoxy) is 1. The van der Waals surface area contributed by atoms with Crippen LogP contribution in [0.2, 0.25) is 0 Å². The van der Waals surface area contributed by atoms with E-state index in [2.05, 4.69) is 35.4 Å². The minimum atomic E-state index is -4.74. The summed E-state index contributed by atoms with van der Waals surface area (Å²) >= 11 is 0. The average Bonchev–Trinajstić information content (AvgIpc) is 3.13. The van der Waals surface area contributed by atoms with Gasteiger partial charge in [-0.2, -0.15) is 0 Å². The number of aromatic nitrogens is 2. The Morgan fingerprint density at radius 1 is 1.16 bits per heavy atom. The summed E-state index contributed by atoms with van der Waals surface area (Å²) in [5.41, 5.74) is 3.36. The number of nitrogens with one attached hydrogen (secondary N) is 1. The van der Waals surface area contributed by atoms with Gasteiger partial charge in [-0.25, -0.2) is 4.98 Å². The molecule has 1 fully saturated rings. The third-order valence-corrected chi connectivity index (χ3v) is 6.65. The van der Waals surface area contributed by atoms with Gasteiger partial charge in [0.05, 0.1) is 11.0 Å². The Kier molecular flexibility index (Phi) is 7.26. The van der Waals surface area contributed by atoms with Crippen LogP contribution in [0.25, 0.3) is 17.1 Å². The number of hydrogen-bond donors (Lipinski definition) is 1. The molecule has 9 heteroatoms. The molecule has 1 saturated carbocycles. The van der Waals surface area contributed by atoms with E-state index in [0.29, 0.717) is 17.6 Å². The number of rotatable bonds is 6. The topological polar surface area (TPSA) is 59.4 Å². The van der Waals surface area contributed by atoms with Gasteiger partial charge in [-0.1, -0.05) is 26.8 Å². The summed E-state index contributed by atoms with van der Waals surface area (Å²) in [6.45, 7) is 6.84. The van der Waals surface area contributed by atoms with Crippen LogP contribution >= 0.6 is 0 Å². The fraction of sp³-hybridized carbons (Fsp3) is 0.429. The molecule has 1 aliphatic rings. The number of imidazole rings is 1. The molecule has 2 unspecified atom stereocenters. The van der Waals surface area contributed by atoms with E-state index in [1.807, 2.05) is 18.2 Å². The quantitative estimate of drug-likeness (QED) is 0.355. The van der Waals surface area contributed by atoms with Crippen LogP contribution in [0, 0.1) is 11.3 Å². The zero-order valence-electron chi connectivity index (χ0n) is 21.8. The first kappa shape index (κ1) is 26.6. The highest BCUT2D eigenvalue weighted by molar-refractivity contribution is 5.92. The van der Waals surface area contributed by atoms with E-state index in [1.54, 1.807) is 32.3 Å². The van der Waals surface area contributed by atoms with E-state index in [1.165, 1.54) is 23.1 Å². The lowest BCUT2D eigenvalue weighted by Crippen LogP contribution is -2.29. The lowest BCUT2D eigenvalue weighted by molar-refractivity contribution is -0.274. The molecule has 2 atom stereocenters. The van der Waals surface area contributed by atoms with Gasteiger partial charge in [0.25, 0.3) is 0 Å². The predicted molar refractivity (Wildman–Crippen MR) is 140 cm³/mol.